The van der Waals surface area contributed by atoms with E-state index in [2.05, 4.69) is 9.71 Å². The third-order valence-corrected chi connectivity index (χ3v) is 3.58. The van der Waals surface area contributed by atoms with E-state index in [4.69, 9.17) is 0 Å². The van der Waals surface area contributed by atoms with Crippen LogP contribution in [0.5, 0.6) is 5.75 Å². The molecule has 0 spiro atoms. The van der Waals surface area contributed by atoms with Crippen LogP contribution in [0.25, 0.3) is 0 Å². The Kier molecular flexibility index (Phi) is 3.07. The van der Waals surface area contributed by atoms with Crippen LogP contribution in [0.2, 0.25) is 0 Å². The Hall–Kier alpha value is -2.28. The summed E-state index contributed by atoms with van der Waals surface area (Å²) >= 11 is 0. The van der Waals surface area contributed by atoms with Gasteiger partial charge in [-0.3, -0.25) is 9.52 Å². The number of aromatic hydroxyl groups is 1. The number of hydrogen-bond acceptors (Lipinski definition) is 4. The summed E-state index contributed by atoms with van der Waals surface area (Å²) in [6.45, 7) is 0. The van der Waals surface area contributed by atoms with Gasteiger partial charge in [-0.2, -0.15) is 0 Å². The van der Waals surface area contributed by atoms with Crippen molar-refractivity contribution in [3.63, 3.8) is 0 Å². The zero-order valence-electron chi connectivity index (χ0n) is 9.12. The number of phenolic OH excluding ortho intramolecular Hbond substituents is 1. The fourth-order valence-electron chi connectivity index (χ4n) is 1.39. The summed E-state index contributed by atoms with van der Waals surface area (Å²) in [5, 5.41) is 9.23. The molecule has 94 valence electrons. The summed E-state index contributed by atoms with van der Waals surface area (Å²) in [6.07, 6.45) is 2.45. The standard InChI is InChI=1S/C11H10N2O4S/c14-9-3-1-2-8(6-9)13-18(16,17)11-7-12-5-4-10(11)15/h1-7,13-14H,(H,12,15). The normalized spacial score (nSPS) is 11.1. The van der Waals surface area contributed by atoms with E-state index in [-0.39, 0.29) is 16.3 Å². The zero-order chi connectivity index (χ0) is 13.2. The highest BCUT2D eigenvalue weighted by Crippen LogP contribution is 2.18. The molecule has 3 N–H and O–H groups in total. The van der Waals surface area contributed by atoms with Crippen molar-refractivity contribution in [1.29, 1.82) is 0 Å². The molecule has 1 aromatic carbocycles. The predicted octanol–water partition coefficient (Wildman–Crippen LogP) is 0.881. The Morgan fingerprint density at radius 1 is 1.22 bits per heavy atom. The highest BCUT2D eigenvalue weighted by Gasteiger charge is 2.17. The van der Waals surface area contributed by atoms with Gasteiger partial charge >= 0.3 is 0 Å². The smallest absolute Gasteiger partial charge is 0.267 e. The molecule has 2 aromatic rings. The van der Waals surface area contributed by atoms with E-state index in [1.54, 1.807) is 0 Å². The van der Waals surface area contributed by atoms with E-state index in [1.165, 1.54) is 30.5 Å². The number of H-pyrrole nitrogens is 1. The van der Waals surface area contributed by atoms with Crippen LogP contribution in [0.4, 0.5) is 5.69 Å². The van der Waals surface area contributed by atoms with Gasteiger partial charge < -0.3 is 10.1 Å². The van der Waals surface area contributed by atoms with Crippen LogP contribution in [-0.2, 0) is 10.0 Å². The Balaban J connectivity index is 2.40. The molecule has 1 heterocycles. The quantitative estimate of drug-likeness (QED) is 0.767. The predicted molar refractivity (Wildman–Crippen MR) is 66.0 cm³/mol. The van der Waals surface area contributed by atoms with Gasteiger partial charge in [-0.1, -0.05) is 6.07 Å². The molecule has 7 heteroatoms. The van der Waals surface area contributed by atoms with Gasteiger partial charge in [0.1, 0.15) is 5.75 Å². The first kappa shape index (κ1) is 12.2. The van der Waals surface area contributed by atoms with Crippen molar-refractivity contribution in [3.05, 3.63) is 52.9 Å². The number of sulfonamides is 1. The molecule has 0 amide bonds. The molecule has 0 aliphatic heterocycles. The molecule has 0 aliphatic rings. The number of benzene rings is 1. The van der Waals surface area contributed by atoms with Crippen molar-refractivity contribution in [2.24, 2.45) is 0 Å². The van der Waals surface area contributed by atoms with Crippen molar-refractivity contribution >= 4 is 15.7 Å². The second kappa shape index (κ2) is 4.53. The number of anilines is 1. The third-order valence-electron chi connectivity index (χ3n) is 2.18. The van der Waals surface area contributed by atoms with E-state index in [1.807, 2.05) is 0 Å². The summed E-state index contributed by atoms with van der Waals surface area (Å²) in [5.41, 5.74) is -0.431. The minimum atomic E-state index is -3.97. The molecule has 0 saturated carbocycles. The average molecular weight is 266 g/mol. The number of hydrogen-bond donors (Lipinski definition) is 3. The monoisotopic (exact) mass is 266 g/mol. The maximum Gasteiger partial charge on any atom is 0.267 e. The third kappa shape index (κ3) is 2.51. The zero-order valence-corrected chi connectivity index (χ0v) is 9.94. The molecule has 0 aliphatic carbocycles. The highest BCUT2D eigenvalue weighted by atomic mass is 32.2. The molecule has 0 saturated heterocycles. The van der Waals surface area contributed by atoms with E-state index in [9.17, 15) is 18.3 Å². The molecule has 0 bridgehead atoms. The van der Waals surface area contributed by atoms with Crippen molar-refractivity contribution in [2.45, 2.75) is 4.90 Å². The van der Waals surface area contributed by atoms with Gasteiger partial charge in [0.25, 0.3) is 10.0 Å². The Bertz CT molecular complexity index is 722. The number of rotatable bonds is 3. The van der Waals surface area contributed by atoms with E-state index < -0.39 is 15.5 Å². The van der Waals surface area contributed by atoms with Crippen LogP contribution in [0.1, 0.15) is 0 Å². The van der Waals surface area contributed by atoms with Crippen molar-refractivity contribution in [1.82, 2.24) is 4.98 Å². The molecule has 2 rings (SSSR count). The molecule has 6 nitrogen and oxygen atoms in total. The fraction of sp³-hybridized carbons (Fsp3) is 0. The van der Waals surface area contributed by atoms with Crippen molar-refractivity contribution < 1.29 is 13.5 Å². The van der Waals surface area contributed by atoms with Crippen molar-refractivity contribution in [2.75, 3.05) is 4.72 Å². The number of nitrogens with one attached hydrogen (secondary N) is 2. The number of pyridine rings is 1. The van der Waals surface area contributed by atoms with Gasteiger partial charge in [0.2, 0.25) is 5.43 Å². The summed E-state index contributed by atoms with van der Waals surface area (Å²) in [4.78, 5) is 13.6. The van der Waals surface area contributed by atoms with Gasteiger partial charge in [-0.15, -0.1) is 0 Å². The largest absolute Gasteiger partial charge is 0.508 e. The molecule has 1 aromatic heterocycles. The second-order valence-electron chi connectivity index (χ2n) is 3.53. The molecule has 0 unspecified atom stereocenters. The summed E-state index contributed by atoms with van der Waals surface area (Å²) in [6, 6.07) is 6.73. The van der Waals surface area contributed by atoms with E-state index >= 15 is 0 Å². The van der Waals surface area contributed by atoms with Crippen molar-refractivity contribution in [3.8, 4) is 5.75 Å². The first-order chi connectivity index (χ1) is 8.49. The van der Waals surface area contributed by atoms with Crippen LogP contribution in [0.15, 0.2) is 52.4 Å². The van der Waals surface area contributed by atoms with E-state index in [0.29, 0.717) is 0 Å². The first-order valence-corrected chi connectivity index (χ1v) is 6.46. The average Bonchev–Trinajstić information content (AvgIpc) is 2.28. The number of aromatic nitrogens is 1. The van der Waals surface area contributed by atoms with Gasteiger partial charge in [-0.25, -0.2) is 8.42 Å². The number of aromatic amines is 1. The van der Waals surface area contributed by atoms with Gasteiger partial charge in [0.05, 0.1) is 5.69 Å². The molecule has 0 radical (unpaired) electrons. The second-order valence-corrected chi connectivity index (χ2v) is 5.18. The Labute approximate surface area is 103 Å². The molecule has 0 fully saturated rings. The first-order valence-electron chi connectivity index (χ1n) is 4.98. The minimum absolute atomic E-state index is 0.0721. The van der Waals surface area contributed by atoms with Crippen LogP contribution >= 0.6 is 0 Å². The Morgan fingerprint density at radius 2 is 2.00 bits per heavy atom. The van der Waals surface area contributed by atoms with Gasteiger partial charge in [-0.05, 0) is 12.1 Å². The highest BCUT2D eigenvalue weighted by molar-refractivity contribution is 7.92. The van der Waals surface area contributed by atoms with Crippen LogP contribution in [0.3, 0.4) is 0 Å². The van der Waals surface area contributed by atoms with Crippen LogP contribution < -0.4 is 10.2 Å². The summed E-state index contributed by atoms with van der Waals surface area (Å²) in [5.74, 6) is -0.0721. The molecular weight excluding hydrogens is 256 g/mol. The molecule has 0 atom stereocenters. The van der Waals surface area contributed by atoms with Gasteiger partial charge in [0, 0.05) is 24.5 Å². The van der Waals surface area contributed by atoms with Crippen LogP contribution in [0, 0.1) is 0 Å². The molecule has 18 heavy (non-hydrogen) atoms. The lowest BCUT2D eigenvalue weighted by Crippen LogP contribution is -2.20. The summed E-state index contributed by atoms with van der Waals surface area (Å²) < 4.78 is 26.1. The van der Waals surface area contributed by atoms with Crippen LogP contribution in [-0.4, -0.2) is 18.5 Å². The fourth-order valence-corrected chi connectivity index (χ4v) is 2.49. The summed E-state index contributed by atoms with van der Waals surface area (Å²) in [7, 11) is -3.97. The maximum absolute atomic E-state index is 11.9. The maximum atomic E-state index is 11.9. The number of phenols is 1. The lowest BCUT2D eigenvalue weighted by molar-refractivity contribution is 0.475. The SMILES string of the molecule is O=c1cc[nH]cc1S(=O)(=O)Nc1cccc(O)c1. The molecular formula is C11H10N2O4S. The minimum Gasteiger partial charge on any atom is -0.508 e. The Morgan fingerprint density at radius 3 is 2.67 bits per heavy atom. The lowest BCUT2D eigenvalue weighted by Gasteiger charge is -2.07. The van der Waals surface area contributed by atoms with Gasteiger partial charge in [0.15, 0.2) is 4.90 Å². The topological polar surface area (TPSA) is 99.3 Å². The lowest BCUT2D eigenvalue weighted by atomic mass is 10.3. The van der Waals surface area contributed by atoms with E-state index in [0.717, 1.165) is 12.3 Å².